The topological polar surface area (TPSA) is 12.0 Å². The number of benzene rings is 1. The van der Waals surface area contributed by atoms with Gasteiger partial charge in [-0.15, -0.1) is 11.3 Å². The lowest BCUT2D eigenvalue weighted by molar-refractivity contribution is 0.560. The summed E-state index contributed by atoms with van der Waals surface area (Å²) in [7, 11) is 0. The maximum atomic E-state index is 13.3. The standard InChI is InChI=1S/C12H9BrClF2NS/c13-10-4-9(18-12(10)14)6-17-5-7-1-2-8(15)3-11(7)16/h1-4,17H,5-6H2. The Hall–Kier alpha value is -0.490. The summed E-state index contributed by atoms with van der Waals surface area (Å²) in [4.78, 5) is 1.05. The van der Waals surface area contributed by atoms with Gasteiger partial charge in [0.25, 0.3) is 0 Å². The van der Waals surface area contributed by atoms with Crippen molar-refractivity contribution in [2.75, 3.05) is 0 Å². The lowest BCUT2D eigenvalue weighted by Crippen LogP contribution is -2.13. The third-order valence-electron chi connectivity index (χ3n) is 2.33. The zero-order valence-corrected chi connectivity index (χ0v) is 12.3. The van der Waals surface area contributed by atoms with Crippen LogP contribution in [0.25, 0.3) is 0 Å². The van der Waals surface area contributed by atoms with Crippen molar-refractivity contribution in [1.82, 2.24) is 5.32 Å². The Balaban J connectivity index is 1.92. The summed E-state index contributed by atoms with van der Waals surface area (Å²) >= 11 is 10.7. The monoisotopic (exact) mass is 351 g/mol. The highest BCUT2D eigenvalue weighted by Gasteiger charge is 2.06. The molecule has 1 N–H and O–H groups in total. The Morgan fingerprint density at radius 3 is 2.61 bits per heavy atom. The van der Waals surface area contributed by atoms with Gasteiger partial charge in [-0.2, -0.15) is 0 Å². The van der Waals surface area contributed by atoms with Crippen molar-refractivity contribution in [3.8, 4) is 0 Å². The predicted octanol–water partition coefficient (Wildman–Crippen LogP) is 4.73. The summed E-state index contributed by atoms with van der Waals surface area (Å²) in [5, 5.41) is 3.09. The Morgan fingerprint density at radius 1 is 1.22 bits per heavy atom. The highest BCUT2D eigenvalue weighted by Crippen LogP contribution is 2.31. The Bertz CT molecular complexity index is 540. The fourth-order valence-corrected chi connectivity index (χ4v) is 3.22. The molecule has 0 saturated carbocycles. The van der Waals surface area contributed by atoms with Crippen molar-refractivity contribution in [2.24, 2.45) is 0 Å². The maximum Gasteiger partial charge on any atom is 0.130 e. The van der Waals surface area contributed by atoms with Gasteiger partial charge < -0.3 is 5.32 Å². The molecule has 1 aromatic heterocycles. The Labute approximate surface area is 121 Å². The van der Waals surface area contributed by atoms with Crippen molar-refractivity contribution in [3.63, 3.8) is 0 Å². The van der Waals surface area contributed by atoms with Gasteiger partial charge in [0.1, 0.15) is 16.0 Å². The molecule has 6 heteroatoms. The van der Waals surface area contributed by atoms with Crippen LogP contribution in [0.15, 0.2) is 28.7 Å². The average molecular weight is 353 g/mol. The van der Waals surface area contributed by atoms with E-state index >= 15 is 0 Å². The third-order valence-corrected chi connectivity index (χ3v) is 4.80. The van der Waals surface area contributed by atoms with Gasteiger partial charge in [0, 0.05) is 34.1 Å². The number of hydrogen-bond acceptors (Lipinski definition) is 2. The van der Waals surface area contributed by atoms with Gasteiger partial charge >= 0.3 is 0 Å². The molecule has 2 aromatic rings. The van der Waals surface area contributed by atoms with Crippen molar-refractivity contribution >= 4 is 38.9 Å². The minimum atomic E-state index is -0.565. The second-order valence-electron chi connectivity index (χ2n) is 3.67. The highest BCUT2D eigenvalue weighted by atomic mass is 79.9. The van der Waals surface area contributed by atoms with Gasteiger partial charge in [-0.25, -0.2) is 8.78 Å². The van der Waals surface area contributed by atoms with Crippen molar-refractivity contribution in [2.45, 2.75) is 13.1 Å². The number of thiophene rings is 1. The molecule has 0 aliphatic carbocycles. The predicted molar refractivity (Wildman–Crippen MR) is 73.9 cm³/mol. The molecule has 0 radical (unpaired) electrons. The van der Waals surface area contributed by atoms with Crippen LogP contribution < -0.4 is 5.32 Å². The fourth-order valence-electron chi connectivity index (χ4n) is 1.46. The van der Waals surface area contributed by atoms with Crippen molar-refractivity contribution in [3.05, 3.63) is 55.1 Å². The molecule has 0 atom stereocenters. The lowest BCUT2D eigenvalue weighted by atomic mass is 10.2. The van der Waals surface area contributed by atoms with Gasteiger partial charge in [0.05, 0.1) is 0 Å². The van der Waals surface area contributed by atoms with Gasteiger partial charge in [-0.1, -0.05) is 17.7 Å². The number of halogens is 4. The van der Waals surface area contributed by atoms with Gasteiger partial charge in [0.2, 0.25) is 0 Å². The van der Waals surface area contributed by atoms with Crippen LogP contribution in [0.4, 0.5) is 8.78 Å². The lowest BCUT2D eigenvalue weighted by Gasteiger charge is -2.04. The van der Waals surface area contributed by atoms with E-state index in [4.69, 9.17) is 11.6 Å². The van der Waals surface area contributed by atoms with Crippen molar-refractivity contribution < 1.29 is 8.78 Å². The van der Waals surface area contributed by atoms with E-state index in [-0.39, 0.29) is 0 Å². The van der Waals surface area contributed by atoms with Crippen LogP contribution in [-0.4, -0.2) is 0 Å². The molecule has 0 fully saturated rings. The zero-order chi connectivity index (χ0) is 13.1. The molecule has 0 aliphatic rings. The van der Waals surface area contributed by atoms with E-state index in [0.717, 1.165) is 15.4 Å². The second-order valence-corrected chi connectivity index (χ2v) is 6.27. The van der Waals surface area contributed by atoms with Crippen molar-refractivity contribution in [1.29, 1.82) is 0 Å². The molecule has 0 spiro atoms. The first kappa shape index (κ1) is 13.9. The summed E-state index contributed by atoms with van der Waals surface area (Å²) in [6, 6.07) is 5.49. The largest absolute Gasteiger partial charge is 0.308 e. The van der Waals surface area contributed by atoms with E-state index in [1.54, 1.807) is 0 Å². The minimum absolute atomic E-state index is 0.346. The first-order valence-electron chi connectivity index (χ1n) is 5.14. The molecule has 0 amide bonds. The molecule has 1 heterocycles. The number of hydrogen-bond donors (Lipinski definition) is 1. The van der Waals surface area contributed by atoms with Crippen LogP contribution in [0.1, 0.15) is 10.4 Å². The fraction of sp³-hybridized carbons (Fsp3) is 0.167. The van der Waals surface area contributed by atoms with E-state index in [2.05, 4.69) is 21.2 Å². The van der Waals surface area contributed by atoms with Crippen LogP contribution in [0, 0.1) is 11.6 Å². The number of nitrogens with one attached hydrogen (secondary N) is 1. The molecule has 0 saturated heterocycles. The smallest absolute Gasteiger partial charge is 0.130 e. The van der Waals surface area contributed by atoms with E-state index in [0.29, 0.717) is 23.0 Å². The molecular weight excluding hydrogens is 344 g/mol. The quantitative estimate of drug-likeness (QED) is 0.838. The van der Waals surface area contributed by atoms with Crippen LogP contribution >= 0.6 is 38.9 Å². The molecule has 0 aliphatic heterocycles. The summed E-state index contributed by atoms with van der Waals surface area (Å²) in [6.45, 7) is 0.937. The molecule has 1 nitrogen and oxygen atoms in total. The molecule has 0 bridgehead atoms. The summed E-state index contributed by atoms with van der Waals surface area (Å²) in [5.74, 6) is -1.10. The Kier molecular flexibility index (Phi) is 4.72. The van der Waals surface area contributed by atoms with Gasteiger partial charge in [0.15, 0.2) is 0 Å². The van der Waals surface area contributed by atoms with Crippen LogP contribution in [0.2, 0.25) is 4.34 Å². The molecule has 18 heavy (non-hydrogen) atoms. The van der Waals surface area contributed by atoms with Crippen LogP contribution in [0.3, 0.4) is 0 Å². The molecular formula is C12H9BrClF2NS. The van der Waals surface area contributed by atoms with E-state index in [9.17, 15) is 8.78 Å². The average Bonchev–Trinajstić information content (AvgIpc) is 2.61. The molecule has 0 unspecified atom stereocenters. The highest BCUT2D eigenvalue weighted by molar-refractivity contribution is 9.10. The minimum Gasteiger partial charge on any atom is -0.308 e. The van der Waals surface area contributed by atoms with Crippen LogP contribution in [-0.2, 0) is 13.1 Å². The summed E-state index contributed by atoms with van der Waals surface area (Å²) < 4.78 is 27.6. The third kappa shape index (κ3) is 3.51. The molecule has 96 valence electrons. The van der Waals surface area contributed by atoms with Crippen LogP contribution in [0.5, 0.6) is 0 Å². The normalized spacial score (nSPS) is 10.9. The second kappa shape index (κ2) is 6.10. The van der Waals surface area contributed by atoms with Gasteiger partial charge in [-0.3, -0.25) is 0 Å². The van der Waals surface area contributed by atoms with E-state index in [1.807, 2.05) is 6.07 Å². The molecule has 2 rings (SSSR count). The SMILES string of the molecule is Fc1ccc(CNCc2cc(Br)c(Cl)s2)c(F)c1. The van der Waals surface area contributed by atoms with E-state index < -0.39 is 11.6 Å². The van der Waals surface area contributed by atoms with Gasteiger partial charge in [-0.05, 0) is 28.1 Å². The number of rotatable bonds is 4. The molecule has 1 aromatic carbocycles. The maximum absolute atomic E-state index is 13.3. The first-order chi connectivity index (χ1) is 8.56. The summed E-state index contributed by atoms with van der Waals surface area (Å²) in [6.07, 6.45) is 0. The summed E-state index contributed by atoms with van der Waals surface area (Å²) in [5.41, 5.74) is 0.443. The first-order valence-corrected chi connectivity index (χ1v) is 7.13. The Morgan fingerprint density at radius 2 is 2.00 bits per heavy atom. The zero-order valence-electron chi connectivity index (χ0n) is 9.14. The van der Waals surface area contributed by atoms with E-state index in [1.165, 1.54) is 23.5 Å².